The number of fused-ring (bicyclic) bond motifs is 1. The molecule has 20 heavy (non-hydrogen) atoms. The standard InChI is InChI=1S/C14H22N4O2/c1-17-13(10(8-16-17)14(19)20)9-15-11-5-7-18-6-3-2-4-12(11)18/h8,11-12,15H,2-7,9H2,1H3,(H,19,20). The third-order valence-electron chi connectivity index (χ3n) is 4.68. The number of piperidine rings is 1. The van der Waals surface area contributed by atoms with Crippen molar-refractivity contribution in [1.82, 2.24) is 20.0 Å². The SMILES string of the molecule is Cn1ncc(C(=O)O)c1CNC1CCN2CCCCC12. The molecule has 0 amide bonds. The van der Waals surface area contributed by atoms with Crippen molar-refractivity contribution in [2.45, 2.75) is 44.3 Å². The van der Waals surface area contributed by atoms with Crippen molar-refractivity contribution >= 4 is 5.97 Å². The molecule has 6 heteroatoms. The van der Waals surface area contributed by atoms with Crippen molar-refractivity contribution in [3.05, 3.63) is 17.5 Å². The Labute approximate surface area is 118 Å². The van der Waals surface area contributed by atoms with E-state index < -0.39 is 5.97 Å². The van der Waals surface area contributed by atoms with Gasteiger partial charge >= 0.3 is 5.97 Å². The summed E-state index contributed by atoms with van der Waals surface area (Å²) in [5.74, 6) is -0.902. The number of aryl methyl sites for hydroxylation is 1. The van der Waals surface area contributed by atoms with E-state index >= 15 is 0 Å². The molecule has 0 aliphatic carbocycles. The van der Waals surface area contributed by atoms with Crippen molar-refractivity contribution in [3.8, 4) is 0 Å². The Morgan fingerprint density at radius 3 is 3.10 bits per heavy atom. The van der Waals surface area contributed by atoms with Gasteiger partial charge in [0, 0.05) is 32.2 Å². The number of aromatic carboxylic acids is 1. The van der Waals surface area contributed by atoms with Gasteiger partial charge in [0.05, 0.1) is 11.9 Å². The molecule has 2 N–H and O–H groups in total. The second-order valence-corrected chi connectivity index (χ2v) is 5.81. The summed E-state index contributed by atoms with van der Waals surface area (Å²) in [5, 5.41) is 16.8. The van der Waals surface area contributed by atoms with Crippen LogP contribution in [0.1, 0.15) is 41.7 Å². The number of nitrogens with one attached hydrogen (secondary N) is 1. The van der Waals surface area contributed by atoms with Crippen LogP contribution < -0.4 is 5.32 Å². The van der Waals surface area contributed by atoms with E-state index in [0.717, 1.165) is 12.1 Å². The zero-order chi connectivity index (χ0) is 14.1. The molecule has 2 aliphatic rings. The molecule has 2 aliphatic heterocycles. The minimum absolute atomic E-state index is 0.304. The number of hydrogen-bond acceptors (Lipinski definition) is 4. The Kier molecular flexibility index (Phi) is 3.76. The lowest BCUT2D eigenvalue weighted by Gasteiger charge is -2.32. The number of carboxylic acid groups (broad SMARTS) is 1. The fourth-order valence-corrected chi connectivity index (χ4v) is 3.56. The smallest absolute Gasteiger partial charge is 0.339 e. The Balaban J connectivity index is 1.65. The molecule has 2 fully saturated rings. The van der Waals surface area contributed by atoms with Crippen LogP contribution in [0.25, 0.3) is 0 Å². The monoisotopic (exact) mass is 278 g/mol. The van der Waals surface area contributed by atoms with Gasteiger partial charge in [0.15, 0.2) is 0 Å². The highest BCUT2D eigenvalue weighted by atomic mass is 16.4. The summed E-state index contributed by atoms with van der Waals surface area (Å²) in [6, 6.07) is 1.11. The quantitative estimate of drug-likeness (QED) is 0.854. The van der Waals surface area contributed by atoms with Crippen molar-refractivity contribution in [2.24, 2.45) is 7.05 Å². The van der Waals surface area contributed by atoms with E-state index in [1.807, 2.05) is 0 Å². The summed E-state index contributed by atoms with van der Waals surface area (Å²) in [5.41, 5.74) is 1.06. The van der Waals surface area contributed by atoms with E-state index in [4.69, 9.17) is 5.11 Å². The first kappa shape index (κ1) is 13.6. The van der Waals surface area contributed by atoms with Crippen LogP contribution in [-0.4, -0.2) is 50.9 Å². The number of hydrogen-bond donors (Lipinski definition) is 2. The van der Waals surface area contributed by atoms with Crippen molar-refractivity contribution < 1.29 is 9.90 Å². The van der Waals surface area contributed by atoms with E-state index in [1.54, 1.807) is 11.7 Å². The molecule has 0 bridgehead atoms. The summed E-state index contributed by atoms with van der Waals surface area (Å²) in [6.45, 7) is 2.96. The molecule has 0 saturated carbocycles. The topological polar surface area (TPSA) is 70.4 Å². The second-order valence-electron chi connectivity index (χ2n) is 5.81. The third kappa shape index (κ3) is 2.45. The van der Waals surface area contributed by atoms with Crippen molar-refractivity contribution in [3.63, 3.8) is 0 Å². The number of carbonyl (C=O) groups is 1. The summed E-state index contributed by atoms with van der Waals surface area (Å²) in [7, 11) is 1.80. The maximum absolute atomic E-state index is 11.2. The predicted molar refractivity (Wildman–Crippen MR) is 74.6 cm³/mol. The lowest BCUT2D eigenvalue weighted by atomic mass is 9.99. The summed E-state index contributed by atoms with van der Waals surface area (Å²) < 4.78 is 1.66. The van der Waals surface area contributed by atoms with Crippen LogP contribution >= 0.6 is 0 Å². The van der Waals surface area contributed by atoms with Crippen molar-refractivity contribution in [2.75, 3.05) is 13.1 Å². The van der Waals surface area contributed by atoms with Gasteiger partial charge in [-0.2, -0.15) is 5.10 Å². The number of rotatable bonds is 4. The largest absolute Gasteiger partial charge is 0.478 e. The highest BCUT2D eigenvalue weighted by molar-refractivity contribution is 5.88. The van der Waals surface area contributed by atoms with Crippen LogP contribution in [0.15, 0.2) is 6.20 Å². The van der Waals surface area contributed by atoms with E-state index in [0.29, 0.717) is 24.2 Å². The molecule has 0 aromatic carbocycles. The summed E-state index contributed by atoms with van der Waals surface area (Å²) in [6.07, 6.45) is 6.47. The first-order valence-electron chi connectivity index (χ1n) is 7.38. The van der Waals surface area contributed by atoms with Crippen LogP contribution in [-0.2, 0) is 13.6 Å². The first-order chi connectivity index (χ1) is 9.66. The number of carboxylic acids is 1. The van der Waals surface area contributed by atoms with Gasteiger partial charge in [-0.3, -0.25) is 9.58 Å². The summed E-state index contributed by atoms with van der Waals surface area (Å²) in [4.78, 5) is 13.7. The van der Waals surface area contributed by atoms with Gasteiger partial charge in [-0.15, -0.1) is 0 Å². The van der Waals surface area contributed by atoms with E-state index in [2.05, 4.69) is 15.3 Å². The van der Waals surface area contributed by atoms with Gasteiger partial charge < -0.3 is 10.4 Å². The third-order valence-corrected chi connectivity index (χ3v) is 4.68. The molecule has 110 valence electrons. The zero-order valence-corrected chi connectivity index (χ0v) is 11.9. The maximum atomic E-state index is 11.2. The van der Waals surface area contributed by atoms with Gasteiger partial charge in [0.25, 0.3) is 0 Å². The minimum Gasteiger partial charge on any atom is -0.478 e. The van der Waals surface area contributed by atoms with Crippen LogP contribution in [0, 0.1) is 0 Å². The molecule has 2 atom stereocenters. The van der Waals surface area contributed by atoms with E-state index in [1.165, 1.54) is 38.5 Å². The predicted octanol–water partition coefficient (Wildman–Crippen LogP) is 0.835. The lowest BCUT2D eigenvalue weighted by Crippen LogP contribution is -2.44. The minimum atomic E-state index is -0.902. The Morgan fingerprint density at radius 2 is 2.30 bits per heavy atom. The maximum Gasteiger partial charge on any atom is 0.339 e. The van der Waals surface area contributed by atoms with Gasteiger partial charge in [-0.1, -0.05) is 6.42 Å². The first-order valence-corrected chi connectivity index (χ1v) is 7.38. The van der Waals surface area contributed by atoms with E-state index in [9.17, 15) is 4.79 Å². The molecule has 2 saturated heterocycles. The Morgan fingerprint density at radius 1 is 1.45 bits per heavy atom. The Hall–Kier alpha value is -1.40. The lowest BCUT2D eigenvalue weighted by molar-refractivity contribution is 0.0695. The van der Waals surface area contributed by atoms with Gasteiger partial charge in [0.1, 0.15) is 5.56 Å². The highest BCUT2D eigenvalue weighted by Crippen LogP contribution is 2.27. The van der Waals surface area contributed by atoms with Gasteiger partial charge in [-0.25, -0.2) is 4.79 Å². The molecular formula is C14H22N4O2. The van der Waals surface area contributed by atoms with Crippen molar-refractivity contribution in [1.29, 1.82) is 0 Å². The molecule has 6 nitrogen and oxygen atoms in total. The molecule has 3 rings (SSSR count). The molecule has 2 unspecified atom stereocenters. The van der Waals surface area contributed by atoms with E-state index in [-0.39, 0.29) is 0 Å². The zero-order valence-electron chi connectivity index (χ0n) is 11.9. The average molecular weight is 278 g/mol. The molecule has 0 radical (unpaired) electrons. The molecule has 1 aromatic rings. The molecule has 1 aromatic heterocycles. The van der Waals surface area contributed by atoms with Gasteiger partial charge in [0.2, 0.25) is 0 Å². The highest BCUT2D eigenvalue weighted by Gasteiger charge is 2.35. The van der Waals surface area contributed by atoms with Gasteiger partial charge in [-0.05, 0) is 25.8 Å². The van der Waals surface area contributed by atoms with Crippen LogP contribution in [0.4, 0.5) is 0 Å². The second kappa shape index (κ2) is 5.54. The molecular weight excluding hydrogens is 256 g/mol. The fraction of sp³-hybridized carbons (Fsp3) is 0.714. The number of aromatic nitrogens is 2. The van der Waals surface area contributed by atoms with Crippen LogP contribution in [0.5, 0.6) is 0 Å². The molecule has 3 heterocycles. The number of nitrogens with zero attached hydrogens (tertiary/aromatic N) is 3. The average Bonchev–Trinajstić information content (AvgIpc) is 3.00. The van der Waals surface area contributed by atoms with Crippen LogP contribution in [0.2, 0.25) is 0 Å². The molecule has 0 spiro atoms. The Bertz CT molecular complexity index is 499. The fourth-order valence-electron chi connectivity index (χ4n) is 3.56. The van der Waals surface area contributed by atoms with Crippen LogP contribution in [0.3, 0.4) is 0 Å². The summed E-state index contributed by atoms with van der Waals surface area (Å²) >= 11 is 0. The normalized spacial score (nSPS) is 26.6.